The first-order chi connectivity index (χ1) is 5.77. The van der Waals surface area contributed by atoms with E-state index in [1.165, 1.54) is 12.8 Å². The highest BCUT2D eigenvalue weighted by Crippen LogP contribution is 2.35. The summed E-state index contributed by atoms with van der Waals surface area (Å²) in [5, 5.41) is 0. The highest BCUT2D eigenvalue weighted by Gasteiger charge is 2.37. The molecule has 0 spiro atoms. The van der Waals surface area contributed by atoms with Gasteiger partial charge >= 0.3 is 6.16 Å². The first-order valence-corrected chi connectivity index (χ1v) is 4.34. The molecule has 0 aromatic carbocycles. The number of carbonyl (C=O) groups is 1. The van der Waals surface area contributed by atoms with Gasteiger partial charge < -0.3 is 9.47 Å². The Bertz CT molecular complexity index is 216. The van der Waals surface area contributed by atoms with E-state index < -0.39 is 6.16 Å². The smallest absolute Gasteiger partial charge is 0.422 e. The zero-order valence-corrected chi connectivity index (χ0v) is 6.91. The second-order valence-electron chi connectivity index (χ2n) is 3.40. The van der Waals surface area contributed by atoms with Crippen molar-refractivity contribution < 1.29 is 14.3 Å². The third-order valence-electron chi connectivity index (χ3n) is 2.58. The molecule has 0 aromatic heterocycles. The van der Waals surface area contributed by atoms with E-state index in [9.17, 15) is 4.79 Å². The van der Waals surface area contributed by atoms with Crippen LogP contribution in [0, 0.1) is 5.92 Å². The van der Waals surface area contributed by atoms with E-state index in [4.69, 9.17) is 9.47 Å². The Kier molecular flexibility index (Phi) is 1.79. The summed E-state index contributed by atoms with van der Waals surface area (Å²) >= 11 is 0. The molecule has 1 unspecified atom stereocenters. The third-order valence-corrected chi connectivity index (χ3v) is 2.58. The third kappa shape index (κ3) is 1.19. The lowest BCUT2D eigenvalue weighted by molar-refractivity contribution is 0.1000. The molecule has 66 valence electrons. The fourth-order valence-electron chi connectivity index (χ4n) is 1.98. The second-order valence-corrected chi connectivity index (χ2v) is 3.40. The molecule has 2 aliphatic rings. The van der Waals surface area contributed by atoms with Crippen molar-refractivity contribution in [1.29, 1.82) is 0 Å². The van der Waals surface area contributed by atoms with Crippen molar-refractivity contribution in [3.05, 3.63) is 12.3 Å². The Hall–Kier alpha value is -0.990. The molecule has 0 N–H and O–H groups in total. The molecule has 1 saturated heterocycles. The van der Waals surface area contributed by atoms with Crippen LogP contribution in [0.15, 0.2) is 12.3 Å². The highest BCUT2D eigenvalue weighted by molar-refractivity contribution is 5.64. The maximum Gasteiger partial charge on any atom is 0.514 e. The Morgan fingerprint density at radius 3 is 2.50 bits per heavy atom. The fraction of sp³-hybridized carbons (Fsp3) is 0.667. The van der Waals surface area contributed by atoms with Gasteiger partial charge in [-0.2, -0.15) is 0 Å². The second kappa shape index (κ2) is 2.81. The summed E-state index contributed by atoms with van der Waals surface area (Å²) in [5.74, 6) is 0.941. The van der Waals surface area contributed by atoms with E-state index in [0.29, 0.717) is 11.7 Å². The Labute approximate surface area is 71.3 Å². The molecular formula is C9H12O3. The molecule has 3 nitrogen and oxygen atoms in total. The van der Waals surface area contributed by atoms with Crippen LogP contribution in [0.25, 0.3) is 0 Å². The zero-order chi connectivity index (χ0) is 8.55. The van der Waals surface area contributed by atoms with Crippen molar-refractivity contribution in [3.63, 3.8) is 0 Å². The van der Waals surface area contributed by atoms with Crippen molar-refractivity contribution in [2.75, 3.05) is 0 Å². The normalized spacial score (nSPS) is 30.5. The largest absolute Gasteiger partial charge is 0.514 e. The van der Waals surface area contributed by atoms with Crippen LogP contribution in [0.4, 0.5) is 4.79 Å². The summed E-state index contributed by atoms with van der Waals surface area (Å²) in [6.45, 7) is 3.66. The first kappa shape index (κ1) is 7.65. The maximum absolute atomic E-state index is 10.7. The van der Waals surface area contributed by atoms with Gasteiger partial charge in [-0.3, -0.25) is 0 Å². The molecule has 1 aliphatic heterocycles. The fourth-order valence-corrected chi connectivity index (χ4v) is 1.98. The van der Waals surface area contributed by atoms with Gasteiger partial charge in [0, 0.05) is 5.92 Å². The molecular weight excluding hydrogens is 156 g/mol. The number of hydrogen-bond acceptors (Lipinski definition) is 3. The minimum atomic E-state index is -0.586. The van der Waals surface area contributed by atoms with Crippen LogP contribution in [0.5, 0.6) is 0 Å². The van der Waals surface area contributed by atoms with Crippen LogP contribution >= 0.6 is 0 Å². The number of ether oxygens (including phenoxy) is 2. The molecule has 0 radical (unpaired) electrons. The van der Waals surface area contributed by atoms with Gasteiger partial charge in [-0.1, -0.05) is 19.4 Å². The van der Waals surface area contributed by atoms with Gasteiger partial charge in [0.15, 0.2) is 6.10 Å². The highest BCUT2D eigenvalue weighted by atomic mass is 16.8. The van der Waals surface area contributed by atoms with Crippen molar-refractivity contribution in [2.45, 2.75) is 31.8 Å². The van der Waals surface area contributed by atoms with Gasteiger partial charge in [0.2, 0.25) is 0 Å². The summed E-state index contributed by atoms with van der Waals surface area (Å²) in [6.07, 6.45) is 3.95. The van der Waals surface area contributed by atoms with Crippen molar-refractivity contribution >= 4 is 6.16 Å². The lowest BCUT2D eigenvalue weighted by atomic mass is 10.00. The summed E-state index contributed by atoms with van der Waals surface area (Å²) in [5.41, 5.74) is 0. The molecule has 2 rings (SSSR count). The Morgan fingerprint density at radius 2 is 2.00 bits per heavy atom. The van der Waals surface area contributed by atoms with E-state index in [1.54, 1.807) is 0 Å². The topological polar surface area (TPSA) is 35.5 Å². The van der Waals surface area contributed by atoms with Crippen molar-refractivity contribution in [2.24, 2.45) is 5.92 Å². The van der Waals surface area contributed by atoms with Crippen molar-refractivity contribution in [1.82, 2.24) is 0 Å². The Balaban J connectivity index is 2.03. The van der Waals surface area contributed by atoms with Gasteiger partial charge in [0.25, 0.3) is 0 Å². The van der Waals surface area contributed by atoms with Gasteiger partial charge in [-0.05, 0) is 12.8 Å². The lowest BCUT2D eigenvalue weighted by Gasteiger charge is -2.13. The van der Waals surface area contributed by atoms with Gasteiger partial charge in [-0.15, -0.1) is 0 Å². The summed E-state index contributed by atoms with van der Waals surface area (Å²) in [4.78, 5) is 10.7. The van der Waals surface area contributed by atoms with Crippen molar-refractivity contribution in [3.8, 4) is 0 Å². The average molecular weight is 168 g/mol. The van der Waals surface area contributed by atoms with Crippen LogP contribution in [0.1, 0.15) is 25.7 Å². The van der Waals surface area contributed by atoms with Crippen LogP contribution < -0.4 is 0 Å². The predicted octanol–water partition coefficient (Wildman–Crippen LogP) is 2.23. The monoisotopic (exact) mass is 168 g/mol. The predicted molar refractivity (Wildman–Crippen MR) is 42.5 cm³/mol. The molecule has 1 saturated carbocycles. The lowest BCUT2D eigenvalue weighted by Crippen LogP contribution is -2.18. The van der Waals surface area contributed by atoms with Gasteiger partial charge in [0.05, 0.1) is 0 Å². The van der Waals surface area contributed by atoms with Crippen LogP contribution in [-0.4, -0.2) is 12.3 Å². The van der Waals surface area contributed by atoms with E-state index >= 15 is 0 Å². The summed E-state index contributed by atoms with van der Waals surface area (Å²) in [7, 11) is 0. The quantitative estimate of drug-likeness (QED) is 0.563. The Morgan fingerprint density at radius 1 is 1.33 bits per heavy atom. The molecule has 1 atom stereocenters. The number of cyclic esters (lactones) is 2. The zero-order valence-electron chi connectivity index (χ0n) is 6.91. The molecule has 0 aromatic rings. The SMILES string of the molecule is C=C1OC(=O)OC1C1CCCC1. The van der Waals surface area contributed by atoms with Gasteiger partial charge in [0.1, 0.15) is 5.76 Å². The molecule has 12 heavy (non-hydrogen) atoms. The number of hydrogen-bond donors (Lipinski definition) is 0. The van der Waals surface area contributed by atoms with E-state index in [0.717, 1.165) is 12.8 Å². The molecule has 0 bridgehead atoms. The first-order valence-electron chi connectivity index (χ1n) is 4.34. The average Bonchev–Trinajstić information content (AvgIpc) is 2.58. The number of carbonyl (C=O) groups excluding carboxylic acids is 1. The summed E-state index contributed by atoms with van der Waals surface area (Å²) in [6, 6.07) is 0. The molecule has 3 heteroatoms. The minimum absolute atomic E-state index is 0.167. The van der Waals surface area contributed by atoms with E-state index in [2.05, 4.69) is 6.58 Å². The van der Waals surface area contributed by atoms with E-state index in [1.807, 2.05) is 0 Å². The molecule has 0 amide bonds. The molecule has 1 aliphatic carbocycles. The van der Waals surface area contributed by atoms with Crippen LogP contribution in [-0.2, 0) is 9.47 Å². The maximum atomic E-state index is 10.7. The number of rotatable bonds is 1. The van der Waals surface area contributed by atoms with Crippen LogP contribution in [0.3, 0.4) is 0 Å². The van der Waals surface area contributed by atoms with Crippen LogP contribution in [0.2, 0.25) is 0 Å². The van der Waals surface area contributed by atoms with E-state index in [-0.39, 0.29) is 6.10 Å². The molecule has 2 fully saturated rings. The standard InChI is InChI=1S/C9H12O3/c1-6-8(12-9(10)11-6)7-4-2-3-5-7/h7-8H,1-5H2. The molecule has 1 heterocycles. The minimum Gasteiger partial charge on any atom is -0.422 e. The summed E-state index contributed by atoms with van der Waals surface area (Å²) < 4.78 is 9.73. The van der Waals surface area contributed by atoms with Gasteiger partial charge in [-0.25, -0.2) is 4.79 Å².